The van der Waals surface area contributed by atoms with Crippen LogP contribution in [0.15, 0.2) is 30.9 Å². The molecule has 0 bridgehead atoms. The van der Waals surface area contributed by atoms with Crippen molar-refractivity contribution in [2.75, 3.05) is 37.8 Å². The Hall–Kier alpha value is -1.81. The van der Waals surface area contributed by atoms with Crippen LogP contribution in [0.25, 0.3) is 0 Å². The average Bonchev–Trinajstić information content (AvgIpc) is 2.52. The van der Waals surface area contributed by atoms with Crippen molar-refractivity contribution in [2.24, 2.45) is 0 Å². The minimum absolute atomic E-state index is 0.234. The number of carbonyl (C=O) groups excluding carboxylic acids is 1. The van der Waals surface area contributed by atoms with Crippen molar-refractivity contribution in [1.82, 2.24) is 0 Å². The van der Waals surface area contributed by atoms with Gasteiger partial charge in [-0.15, -0.1) is 0 Å². The van der Waals surface area contributed by atoms with Crippen molar-refractivity contribution in [1.29, 1.82) is 0 Å². The highest BCUT2D eigenvalue weighted by Gasteiger charge is 2.19. The third-order valence-electron chi connectivity index (χ3n) is 3.37. The fourth-order valence-electron chi connectivity index (χ4n) is 2.26. The maximum absolute atomic E-state index is 12.2. The van der Waals surface area contributed by atoms with Gasteiger partial charge in [-0.2, -0.15) is 0 Å². The number of ether oxygens (including phenoxy) is 2. The highest BCUT2D eigenvalue weighted by Crippen LogP contribution is 2.24. The van der Waals surface area contributed by atoms with Gasteiger partial charge in [-0.1, -0.05) is 25.6 Å². The molecule has 1 heterocycles. The smallest absolute Gasteiger partial charge is 0.340 e. The van der Waals surface area contributed by atoms with Crippen LogP contribution in [0.3, 0.4) is 0 Å². The van der Waals surface area contributed by atoms with E-state index in [2.05, 4.69) is 24.5 Å². The maximum atomic E-state index is 12.2. The largest absolute Gasteiger partial charge is 0.458 e. The zero-order valence-electron chi connectivity index (χ0n) is 11.9. The van der Waals surface area contributed by atoms with Crippen LogP contribution in [0.4, 0.5) is 5.69 Å². The van der Waals surface area contributed by atoms with Crippen LogP contribution >= 0.6 is 0 Å². The summed E-state index contributed by atoms with van der Waals surface area (Å²) in [6.07, 6.45) is 2.47. The van der Waals surface area contributed by atoms with E-state index in [1.807, 2.05) is 12.1 Å². The summed E-state index contributed by atoms with van der Waals surface area (Å²) in [5.41, 5.74) is 2.69. The van der Waals surface area contributed by atoms with E-state index in [-0.39, 0.29) is 12.6 Å². The predicted molar refractivity (Wildman–Crippen MR) is 79.3 cm³/mol. The Morgan fingerprint density at radius 1 is 1.45 bits per heavy atom. The summed E-state index contributed by atoms with van der Waals surface area (Å²) < 4.78 is 10.6. The van der Waals surface area contributed by atoms with Crippen LogP contribution in [0.1, 0.15) is 22.8 Å². The van der Waals surface area contributed by atoms with Crippen molar-refractivity contribution in [3.8, 4) is 0 Å². The third-order valence-corrected chi connectivity index (χ3v) is 3.37. The first-order valence-corrected chi connectivity index (χ1v) is 7.00. The molecule has 0 radical (unpaired) electrons. The SMILES string of the molecule is C=CCOC(=O)c1cc(CC)ccc1N1CCOCC1. The van der Waals surface area contributed by atoms with Crippen LogP contribution < -0.4 is 4.90 Å². The number of morpholine rings is 1. The predicted octanol–water partition coefficient (Wildman–Crippen LogP) is 2.43. The average molecular weight is 275 g/mol. The van der Waals surface area contributed by atoms with Crippen LogP contribution in [0.2, 0.25) is 0 Å². The summed E-state index contributed by atoms with van der Waals surface area (Å²) in [5.74, 6) is -0.290. The van der Waals surface area contributed by atoms with Crippen molar-refractivity contribution in [3.05, 3.63) is 42.0 Å². The summed E-state index contributed by atoms with van der Waals surface area (Å²) in [5, 5.41) is 0. The van der Waals surface area contributed by atoms with Crippen molar-refractivity contribution < 1.29 is 14.3 Å². The van der Waals surface area contributed by atoms with Gasteiger partial charge in [0.15, 0.2) is 0 Å². The zero-order chi connectivity index (χ0) is 14.4. The summed E-state index contributed by atoms with van der Waals surface area (Å²) >= 11 is 0. The number of esters is 1. The summed E-state index contributed by atoms with van der Waals surface area (Å²) in [6, 6.07) is 6.00. The van der Waals surface area contributed by atoms with Gasteiger partial charge in [0.2, 0.25) is 0 Å². The molecule has 0 saturated carbocycles. The van der Waals surface area contributed by atoms with Crippen molar-refractivity contribution in [3.63, 3.8) is 0 Å². The molecule has 108 valence electrons. The monoisotopic (exact) mass is 275 g/mol. The van der Waals surface area contributed by atoms with Gasteiger partial charge in [0, 0.05) is 13.1 Å². The standard InChI is InChI=1S/C16H21NO3/c1-3-9-20-16(18)14-12-13(4-2)5-6-15(14)17-7-10-19-11-8-17/h3,5-6,12H,1,4,7-11H2,2H3. The van der Waals surface area contributed by atoms with E-state index < -0.39 is 0 Å². The Bertz CT molecular complexity index is 479. The normalized spacial score (nSPS) is 14.9. The van der Waals surface area contributed by atoms with E-state index in [0.717, 1.165) is 30.8 Å². The van der Waals surface area contributed by atoms with Gasteiger partial charge in [0.05, 0.1) is 24.5 Å². The second-order valence-electron chi connectivity index (χ2n) is 4.69. The molecule has 1 aliphatic heterocycles. The maximum Gasteiger partial charge on any atom is 0.340 e. The lowest BCUT2D eigenvalue weighted by molar-refractivity contribution is 0.0549. The van der Waals surface area contributed by atoms with E-state index in [0.29, 0.717) is 18.8 Å². The topological polar surface area (TPSA) is 38.8 Å². The van der Waals surface area contributed by atoms with Gasteiger partial charge in [-0.25, -0.2) is 4.79 Å². The third kappa shape index (κ3) is 3.39. The molecule has 1 aromatic rings. The molecule has 1 aromatic carbocycles. The quantitative estimate of drug-likeness (QED) is 0.611. The molecule has 1 aliphatic rings. The van der Waals surface area contributed by atoms with Crippen LogP contribution in [-0.4, -0.2) is 38.9 Å². The molecule has 4 heteroatoms. The molecule has 2 rings (SSSR count). The Morgan fingerprint density at radius 2 is 2.20 bits per heavy atom. The molecule has 0 unspecified atom stereocenters. The lowest BCUT2D eigenvalue weighted by Crippen LogP contribution is -2.37. The molecule has 20 heavy (non-hydrogen) atoms. The molecule has 0 aliphatic carbocycles. The molecule has 0 spiro atoms. The van der Waals surface area contributed by atoms with Gasteiger partial charge in [-0.05, 0) is 24.1 Å². The number of nitrogens with zero attached hydrogens (tertiary/aromatic N) is 1. The Kier molecular flexibility index (Phi) is 5.18. The second-order valence-corrected chi connectivity index (χ2v) is 4.69. The number of hydrogen-bond donors (Lipinski definition) is 0. The van der Waals surface area contributed by atoms with Gasteiger partial charge < -0.3 is 14.4 Å². The minimum atomic E-state index is -0.290. The number of carbonyl (C=O) groups is 1. The van der Waals surface area contributed by atoms with Gasteiger partial charge in [0.25, 0.3) is 0 Å². The molecular formula is C16H21NO3. The fourth-order valence-corrected chi connectivity index (χ4v) is 2.26. The molecule has 0 N–H and O–H groups in total. The highest BCUT2D eigenvalue weighted by molar-refractivity contribution is 5.96. The molecule has 0 atom stereocenters. The first kappa shape index (κ1) is 14.6. The van der Waals surface area contributed by atoms with Crippen LogP contribution in [0, 0.1) is 0 Å². The number of benzene rings is 1. The van der Waals surface area contributed by atoms with E-state index in [1.54, 1.807) is 6.08 Å². The fraction of sp³-hybridized carbons (Fsp3) is 0.438. The first-order chi connectivity index (χ1) is 9.76. The molecular weight excluding hydrogens is 254 g/mol. The first-order valence-electron chi connectivity index (χ1n) is 7.00. The van der Waals surface area contributed by atoms with E-state index in [1.165, 1.54) is 0 Å². The molecule has 0 amide bonds. The number of aryl methyl sites for hydroxylation is 1. The Morgan fingerprint density at radius 3 is 2.85 bits per heavy atom. The van der Waals surface area contributed by atoms with Crippen LogP contribution in [-0.2, 0) is 15.9 Å². The van der Waals surface area contributed by atoms with E-state index in [4.69, 9.17) is 9.47 Å². The molecule has 4 nitrogen and oxygen atoms in total. The lowest BCUT2D eigenvalue weighted by atomic mass is 10.1. The lowest BCUT2D eigenvalue weighted by Gasteiger charge is -2.30. The zero-order valence-corrected chi connectivity index (χ0v) is 11.9. The summed E-state index contributed by atoms with van der Waals surface area (Å²) in [6.45, 7) is 8.85. The van der Waals surface area contributed by atoms with Crippen LogP contribution in [0.5, 0.6) is 0 Å². The second kappa shape index (κ2) is 7.10. The van der Waals surface area contributed by atoms with Gasteiger partial charge >= 0.3 is 5.97 Å². The number of anilines is 1. The molecule has 1 saturated heterocycles. The molecule has 0 aromatic heterocycles. The summed E-state index contributed by atoms with van der Waals surface area (Å²) in [4.78, 5) is 14.4. The number of rotatable bonds is 5. The van der Waals surface area contributed by atoms with E-state index in [9.17, 15) is 4.79 Å². The van der Waals surface area contributed by atoms with E-state index >= 15 is 0 Å². The summed E-state index contributed by atoms with van der Waals surface area (Å²) in [7, 11) is 0. The molecule has 1 fully saturated rings. The van der Waals surface area contributed by atoms with Crippen molar-refractivity contribution in [2.45, 2.75) is 13.3 Å². The van der Waals surface area contributed by atoms with Gasteiger partial charge in [0.1, 0.15) is 6.61 Å². The van der Waals surface area contributed by atoms with Gasteiger partial charge in [-0.3, -0.25) is 0 Å². The minimum Gasteiger partial charge on any atom is -0.458 e. The number of hydrogen-bond acceptors (Lipinski definition) is 4. The Balaban J connectivity index is 2.28. The van der Waals surface area contributed by atoms with Crippen molar-refractivity contribution >= 4 is 11.7 Å². The highest BCUT2D eigenvalue weighted by atomic mass is 16.5. The Labute approximate surface area is 120 Å².